The van der Waals surface area contributed by atoms with Crippen molar-refractivity contribution in [1.82, 2.24) is 14.9 Å². The van der Waals surface area contributed by atoms with Gasteiger partial charge in [-0.15, -0.1) is 0 Å². The predicted octanol–water partition coefficient (Wildman–Crippen LogP) is 7.47. The number of hydrogen-bond acceptors (Lipinski definition) is 3. The van der Waals surface area contributed by atoms with Crippen molar-refractivity contribution in [2.45, 2.75) is 71.8 Å². The number of unbranched alkanes of at least 4 members (excludes halogenated alkanes) is 6. The summed E-state index contributed by atoms with van der Waals surface area (Å²) in [4.78, 5) is 11.9. The molecule has 0 fully saturated rings. The average Bonchev–Trinajstić information content (AvgIpc) is 2.94. The van der Waals surface area contributed by atoms with Crippen LogP contribution in [0.2, 0.25) is 0 Å². The number of aryl methyl sites for hydroxylation is 1. The zero-order chi connectivity index (χ0) is 25.0. The van der Waals surface area contributed by atoms with Crippen LogP contribution in [0.15, 0.2) is 79.5 Å². The molecule has 0 amide bonds. The summed E-state index contributed by atoms with van der Waals surface area (Å²) in [6.07, 6.45) is 25.3. The van der Waals surface area contributed by atoms with Gasteiger partial charge in [-0.25, -0.2) is 4.57 Å². The second-order valence-corrected chi connectivity index (χ2v) is 9.78. The summed E-state index contributed by atoms with van der Waals surface area (Å²) in [5, 5.41) is 0. The van der Waals surface area contributed by atoms with Crippen LogP contribution in [0.5, 0.6) is 0 Å². The quantitative estimate of drug-likeness (QED) is 0.187. The molecule has 0 bridgehead atoms. The summed E-state index contributed by atoms with van der Waals surface area (Å²) in [6, 6.07) is 12.8. The van der Waals surface area contributed by atoms with E-state index in [2.05, 4.69) is 90.5 Å². The van der Waals surface area contributed by atoms with Crippen LogP contribution in [-0.2, 0) is 6.54 Å². The van der Waals surface area contributed by atoms with Gasteiger partial charge in [0.05, 0.1) is 11.4 Å². The SMILES string of the molecule is CCCCCCN1C=CC(c2ccc(-c3ccc(-c4cc[n+](CCCCCC)cc4)nc3)cn2)=CC1. The molecule has 188 valence electrons. The molecule has 3 aromatic heterocycles. The van der Waals surface area contributed by atoms with Crippen LogP contribution in [0, 0.1) is 0 Å². The lowest BCUT2D eigenvalue weighted by Crippen LogP contribution is -2.32. The van der Waals surface area contributed by atoms with Crippen molar-refractivity contribution in [2.24, 2.45) is 0 Å². The molecule has 0 saturated carbocycles. The summed E-state index contributed by atoms with van der Waals surface area (Å²) in [7, 11) is 0. The lowest BCUT2D eigenvalue weighted by atomic mass is 10.0. The third-order valence-corrected chi connectivity index (χ3v) is 6.92. The molecule has 0 N–H and O–H groups in total. The lowest BCUT2D eigenvalue weighted by Gasteiger charge is -2.22. The highest BCUT2D eigenvalue weighted by Crippen LogP contribution is 2.24. The van der Waals surface area contributed by atoms with Gasteiger partial charge in [-0.1, -0.05) is 64.2 Å². The van der Waals surface area contributed by atoms with E-state index in [-0.39, 0.29) is 0 Å². The van der Waals surface area contributed by atoms with Gasteiger partial charge in [-0.2, -0.15) is 0 Å². The molecule has 1 aliphatic heterocycles. The molecule has 0 saturated heterocycles. The van der Waals surface area contributed by atoms with Crippen molar-refractivity contribution >= 4 is 5.57 Å². The highest BCUT2D eigenvalue weighted by atomic mass is 15.1. The highest BCUT2D eigenvalue weighted by Gasteiger charge is 2.09. The van der Waals surface area contributed by atoms with Crippen molar-refractivity contribution in [3.05, 3.63) is 85.2 Å². The second kappa shape index (κ2) is 13.7. The fourth-order valence-electron chi connectivity index (χ4n) is 4.60. The molecular weight excluding hydrogens is 440 g/mol. The summed E-state index contributed by atoms with van der Waals surface area (Å²) in [5.74, 6) is 0. The van der Waals surface area contributed by atoms with E-state index < -0.39 is 0 Å². The Morgan fingerprint density at radius 2 is 1.39 bits per heavy atom. The fourth-order valence-corrected chi connectivity index (χ4v) is 4.60. The van der Waals surface area contributed by atoms with E-state index in [4.69, 9.17) is 9.97 Å². The third-order valence-electron chi connectivity index (χ3n) is 6.92. The molecule has 0 spiro atoms. The van der Waals surface area contributed by atoms with Crippen molar-refractivity contribution < 1.29 is 4.57 Å². The van der Waals surface area contributed by atoms with Crippen LogP contribution in [0.3, 0.4) is 0 Å². The van der Waals surface area contributed by atoms with Gasteiger partial charge in [-0.3, -0.25) is 9.97 Å². The molecule has 36 heavy (non-hydrogen) atoms. The van der Waals surface area contributed by atoms with E-state index in [1.807, 2.05) is 12.4 Å². The van der Waals surface area contributed by atoms with Gasteiger partial charge in [0.15, 0.2) is 12.4 Å². The Bertz CT molecular complexity index is 1110. The van der Waals surface area contributed by atoms with Gasteiger partial charge in [0.2, 0.25) is 0 Å². The maximum atomic E-state index is 4.75. The minimum absolute atomic E-state index is 0.963. The number of hydrogen-bond donors (Lipinski definition) is 0. The first kappa shape index (κ1) is 25.8. The smallest absolute Gasteiger partial charge is 0.169 e. The standard InChI is InChI=1S/C32H41N4/c1-3-5-7-9-19-35-21-15-27(16-22-35)31-13-11-29(25-33-31)30-12-14-32(34-26-30)28-17-23-36(24-18-28)20-10-8-6-4-2/h11-18,21-23,25-26H,3-10,19-20,24H2,1-2H3/q+1. The molecular formula is C32H41N4+. The normalized spacial score (nSPS) is 13.2. The van der Waals surface area contributed by atoms with Crippen LogP contribution in [-0.4, -0.2) is 28.0 Å². The maximum Gasteiger partial charge on any atom is 0.169 e. The molecule has 0 unspecified atom stereocenters. The molecule has 0 radical (unpaired) electrons. The summed E-state index contributed by atoms with van der Waals surface area (Å²) >= 11 is 0. The minimum atomic E-state index is 0.963. The van der Waals surface area contributed by atoms with Gasteiger partial charge in [0.1, 0.15) is 6.54 Å². The Balaban J connectivity index is 1.32. The number of allylic oxidation sites excluding steroid dienone is 2. The Kier molecular flexibility index (Phi) is 9.84. The van der Waals surface area contributed by atoms with E-state index in [1.54, 1.807) is 0 Å². The Morgan fingerprint density at radius 1 is 0.722 bits per heavy atom. The van der Waals surface area contributed by atoms with Gasteiger partial charge >= 0.3 is 0 Å². The van der Waals surface area contributed by atoms with Crippen molar-refractivity contribution in [1.29, 1.82) is 0 Å². The van der Waals surface area contributed by atoms with E-state index in [9.17, 15) is 0 Å². The van der Waals surface area contributed by atoms with E-state index in [1.165, 1.54) is 56.9 Å². The third kappa shape index (κ3) is 7.36. The van der Waals surface area contributed by atoms with Crippen molar-refractivity contribution in [3.63, 3.8) is 0 Å². The summed E-state index contributed by atoms with van der Waals surface area (Å²) in [5.41, 5.74) is 6.55. The number of rotatable bonds is 13. The summed E-state index contributed by atoms with van der Waals surface area (Å²) in [6.45, 7) is 7.69. The van der Waals surface area contributed by atoms with Crippen LogP contribution >= 0.6 is 0 Å². The van der Waals surface area contributed by atoms with Crippen LogP contribution in [0.4, 0.5) is 0 Å². The van der Waals surface area contributed by atoms with Crippen LogP contribution < -0.4 is 4.57 Å². The first-order valence-corrected chi connectivity index (χ1v) is 13.8. The first-order valence-electron chi connectivity index (χ1n) is 13.8. The molecule has 3 aromatic rings. The highest BCUT2D eigenvalue weighted by molar-refractivity contribution is 5.74. The van der Waals surface area contributed by atoms with Crippen molar-refractivity contribution in [2.75, 3.05) is 13.1 Å². The first-order chi connectivity index (χ1) is 17.8. The second-order valence-electron chi connectivity index (χ2n) is 9.78. The lowest BCUT2D eigenvalue weighted by molar-refractivity contribution is -0.697. The minimum Gasteiger partial charge on any atom is -0.374 e. The molecule has 1 aliphatic rings. The monoisotopic (exact) mass is 481 g/mol. The van der Waals surface area contributed by atoms with Gasteiger partial charge in [0.25, 0.3) is 0 Å². The topological polar surface area (TPSA) is 32.9 Å². The van der Waals surface area contributed by atoms with E-state index in [0.29, 0.717) is 0 Å². The number of nitrogens with zero attached hydrogens (tertiary/aromatic N) is 4. The largest absolute Gasteiger partial charge is 0.374 e. The Morgan fingerprint density at radius 3 is 1.97 bits per heavy atom. The summed E-state index contributed by atoms with van der Waals surface area (Å²) < 4.78 is 2.27. The average molecular weight is 482 g/mol. The van der Waals surface area contributed by atoms with Crippen molar-refractivity contribution in [3.8, 4) is 22.4 Å². The zero-order valence-electron chi connectivity index (χ0n) is 22.1. The molecule has 4 nitrogen and oxygen atoms in total. The van der Waals surface area contributed by atoms with Gasteiger partial charge in [0, 0.05) is 60.7 Å². The molecule has 4 rings (SSSR count). The zero-order valence-corrected chi connectivity index (χ0v) is 22.1. The van der Waals surface area contributed by atoms with E-state index in [0.717, 1.165) is 47.7 Å². The maximum absolute atomic E-state index is 4.75. The predicted molar refractivity (Wildman–Crippen MR) is 150 cm³/mol. The Hall–Kier alpha value is -3.27. The molecule has 4 heterocycles. The Labute approximate surface area is 217 Å². The number of pyridine rings is 3. The molecule has 0 atom stereocenters. The molecule has 4 heteroatoms. The fraction of sp³-hybridized carbons (Fsp3) is 0.406. The molecule has 0 aliphatic carbocycles. The van der Waals surface area contributed by atoms with Crippen LogP contribution in [0.1, 0.15) is 70.9 Å². The number of aromatic nitrogens is 3. The van der Waals surface area contributed by atoms with E-state index >= 15 is 0 Å². The van der Waals surface area contributed by atoms with Gasteiger partial charge < -0.3 is 4.90 Å². The van der Waals surface area contributed by atoms with Crippen LogP contribution in [0.25, 0.3) is 28.0 Å². The van der Waals surface area contributed by atoms with Gasteiger partial charge in [-0.05, 0) is 42.8 Å². The molecule has 0 aromatic carbocycles.